The number of piperidine rings is 1. The van der Waals surface area contributed by atoms with E-state index in [1.807, 2.05) is 17.0 Å². The topological polar surface area (TPSA) is 42.6 Å². The average Bonchev–Trinajstić information content (AvgIpc) is 3.26. The summed E-state index contributed by atoms with van der Waals surface area (Å²) < 4.78 is 0. The van der Waals surface area contributed by atoms with Crippen LogP contribution in [0.2, 0.25) is 0 Å². The molecule has 0 bridgehead atoms. The number of fused-ring (bicyclic) bond motifs is 1. The maximum Gasteiger partial charge on any atom is 0.254 e. The molecule has 2 fully saturated rings. The summed E-state index contributed by atoms with van der Waals surface area (Å²) in [7, 11) is 0. The van der Waals surface area contributed by atoms with Gasteiger partial charge in [0.2, 0.25) is 0 Å². The second-order valence-corrected chi connectivity index (χ2v) is 9.96. The van der Waals surface area contributed by atoms with Crippen molar-refractivity contribution >= 4 is 16.8 Å². The maximum absolute atomic E-state index is 13.1. The molecule has 0 radical (unpaired) electrons. The van der Waals surface area contributed by atoms with Gasteiger partial charge >= 0.3 is 0 Å². The molecule has 5 nitrogen and oxygen atoms in total. The lowest BCUT2D eigenvalue weighted by Gasteiger charge is -2.37. The normalized spacial score (nSPS) is 18.9. The van der Waals surface area contributed by atoms with E-state index in [-0.39, 0.29) is 5.91 Å². The van der Waals surface area contributed by atoms with Crippen LogP contribution in [0.3, 0.4) is 0 Å². The second kappa shape index (κ2) is 9.70. The Bertz CT molecular complexity index is 1070. The molecule has 1 N–H and O–H groups in total. The van der Waals surface area contributed by atoms with Gasteiger partial charge in [-0.25, -0.2) is 0 Å². The van der Waals surface area contributed by atoms with Gasteiger partial charge < -0.3 is 9.88 Å². The molecule has 1 aromatic heterocycles. The minimum Gasteiger partial charge on any atom is -0.361 e. The molecule has 1 amide bonds. The summed E-state index contributed by atoms with van der Waals surface area (Å²) in [6.45, 7) is 11.2. The fourth-order valence-corrected chi connectivity index (χ4v) is 5.46. The average molecular weight is 445 g/mol. The molecular formula is C28H36N4O. The largest absolute Gasteiger partial charge is 0.361 e. The smallest absolute Gasteiger partial charge is 0.254 e. The van der Waals surface area contributed by atoms with Gasteiger partial charge in [-0.15, -0.1) is 0 Å². The summed E-state index contributed by atoms with van der Waals surface area (Å²) >= 11 is 0. The van der Waals surface area contributed by atoms with Gasteiger partial charge in [0.25, 0.3) is 5.91 Å². The van der Waals surface area contributed by atoms with Gasteiger partial charge in [0, 0.05) is 61.4 Å². The molecule has 2 aliphatic rings. The van der Waals surface area contributed by atoms with Crippen molar-refractivity contribution in [3.8, 4) is 0 Å². The Kier molecular flexibility index (Phi) is 6.52. The molecule has 0 atom stereocenters. The Morgan fingerprint density at radius 2 is 1.70 bits per heavy atom. The predicted molar refractivity (Wildman–Crippen MR) is 135 cm³/mol. The van der Waals surface area contributed by atoms with E-state index >= 15 is 0 Å². The highest BCUT2D eigenvalue weighted by atomic mass is 16.2. The highest BCUT2D eigenvalue weighted by Crippen LogP contribution is 2.29. The first kappa shape index (κ1) is 22.2. The van der Waals surface area contributed by atoms with Gasteiger partial charge in [-0.05, 0) is 69.0 Å². The van der Waals surface area contributed by atoms with Gasteiger partial charge in [-0.3, -0.25) is 14.6 Å². The Labute approximate surface area is 197 Å². The fourth-order valence-electron chi connectivity index (χ4n) is 5.46. The third-order valence-electron chi connectivity index (χ3n) is 7.60. The Balaban J connectivity index is 1.21. The Morgan fingerprint density at radius 3 is 2.39 bits per heavy atom. The zero-order valence-corrected chi connectivity index (χ0v) is 20.0. The van der Waals surface area contributed by atoms with Crippen molar-refractivity contribution in [2.75, 3.05) is 39.3 Å². The third-order valence-corrected chi connectivity index (χ3v) is 7.60. The molecule has 174 valence electrons. The quantitative estimate of drug-likeness (QED) is 0.620. The van der Waals surface area contributed by atoms with Gasteiger partial charge in [0.15, 0.2) is 0 Å². The number of piperazine rings is 1. The number of nitrogens with one attached hydrogen (secondary N) is 1. The van der Waals surface area contributed by atoms with Crippen LogP contribution in [0.5, 0.6) is 0 Å². The first-order valence-corrected chi connectivity index (χ1v) is 12.5. The summed E-state index contributed by atoms with van der Waals surface area (Å²) in [5.41, 5.74) is 4.66. The molecule has 5 heteroatoms. The van der Waals surface area contributed by atoms with E-state index < -0.39 is 0 Å². The lowest BCUT2D eigenvalue weighted by Crippen LogP contribution is -2.50. The number of benzene rings is 2. The molecular weight excluding hydrogens is 408 g/mol. The number of rotatable bonds is 5. The highest BCUT2D eigenvalue weighted by molar-refractivity contribution is 5.98. The van der Waals surface area contributed by atoms with Gasteiger partial charge in [-0.1, -0.05) is 36.4 Å². The molecule has 3 heterocycles. The molecule has 0 saturated carbocycles. The Morgan fingerprint density at radius 1 is 0.970 bits per heavy atom. The summed E-state index contributed by atoms with van der Waals surface area (Å²) in [6.07, 6.45) is 4.56. The Hall–Kier alpha value is -2.63. The zero-order valence-electron chi connectivity index (χ0n) is 20.0. The molecule has 5 rings (SSSR count). The molecule has 2 aliphatic heterocycles. The van der Waals surface area contributed by atoms with Crippen LogP contribution in [-0.4, -0.2) is 70.9 Å². The van der Waals surface area contributed by atoms with Crippen molar-refractivity contribution in [1.29, 1.82) is 0 Å². The highest BCUT2D eigenvalue weighted by Gasteiger charge is 2.24. The number of hydrogen-bond acceptors (Lipinski definition) is 3. The maximum atomic E-state index is 13.1. The molecule has 0 aliphatic carbocycles. The minimum absolute atomic E-state index is 0.152. The predicted octanol–water partition coefficient (Wildman–Crippen LogP) is 4.71. The standard InChI is InChI=1S/C28H36N4O/c1-21(2)31-14-16-32(17-15-31)28(33)24-8-9-26-25(19-29-27(26)18-24)20-30-12-10-23(11-13-30)22-6-4-3-5-7-22/h3-9,18-19,21,23,29H,10-17,20H2,1-2H3. The number of nitrogens with zero attached hydrogens (tertiary/aromatic N) is 3. The van der Waals surface area contributed by atoms with Crippen molar-refractivity contribution in [2.45, 2.75) is 45.2 Å². The monoisotopic (exact) mass is 444 g/mol. The van der Waals surface area contributed by atoms with E-state index in [0.717, 1.165) is 56.9 Å². The van der Waals surface area contributed by atoms with E-state index in [0.29, 0.717) is 12.0 Å². The number of hydrogen-bond donors (Lipinski definition) is 1. The summed E-state index contributed by atoms with van der Waals surface area (Å²) in [4.78, 5) is 23.5. The second-order valence-electron chi connectivity index (χ2n) is 9.96. The molecule has 3 aromatic rings. The van der Waals surface area contributed by atoms with Crippen LogP contribution < -0.4 is 0 Å². The van der Waals surface area contributed by atoms with Gasteiger partial charge in [-0.2, -0.15) is 0 Å². The van der Waals surface area contributed by atoms with E-state index in [9.17, 15) is 4.79 Å². The fraction of sp³-hybridized carbons (Fsp3) is 0.464. The lowest BCUT2D eigenvalue weighted by atomic mass is 9.89. The molecule has 0 unspecified atom stereocenters. The number of carbonyl (C=O) groups excluding carboxylic acids is 1. The summed E-state index contributed by atoms with van der Waals surface area (Å²) in [5, 5.41) is 1.24. The molecule has 0 spiro atoms. The molecule has 33 heavy (non-hydrogen) atoms. The van der Waals surface area contributed by atoms with Crippen LogP contribution in [-0.2, 0) is 6.54 Å². The van der Waals surface area contributed by atoms with E-state index in [2.05, 4.69) is 71.2 Å². The number of H-pyrrole nitrogens is 1. The van der Waals surface area contributed by atoms with Crippen molar-refractivity contribution in [2.24, 2.45) is 0 Å². The minimum atomic E-state index is 0.152. The van der Waals surface area contributed by atoms with Crippen LogP contribution >= 0.6 is 0 Å². The lowest BCUT2D eigenvalue weighted by molar-refractivity contribution is 0.0595. The van der Waals surface area contributed by atoms with Crippen molar-refractivity contribution < 1.29 is 4.79 Å². The van der Waals surface area contributed by atoms with E-state index in [4.69, 9.17) is 0 Å². The van der Waals surface area contributed by atoms with Gasteiger partial charge in [0.05, 0.1) is 0 Å². The summed E-state index contributed by atoms with van der Waals surface area (Å²) in [5.74, 6) is 0.834. The van der Waals surface area contributed by atoms with E-state index in [1.165, 1.54) is 29.4 Å². The summed E-state index contributed by atoms with van der Waals surface area (Å²) in [6, 6.07) is 17.7. The number of aromatic nitrogens is 1. The molecule has 2 saturated heterocycles. The van der Waals surface area contributed by atoms with Crippen LogP contribution in [0.25, 0.3) is 10.9 Å². The zero-order chi connectivity index (χ0) is 22.8. The number of aromatic amines is 1. The van der Waals surface area contributed by atoms with Crippen molar-refractivity contribution in [1.82, 2.24) is 19.7 Å². The number of likely N-dealkylation sites (tertiary alicyclic amines) is 1. The van der Waals surface area contributed by atoms with Crippen molar-refractivity contribution in [3.63, 3.8) is 0 Å². The third kappa shape index (κ3) is 4.85. The SMILES string of the molecule is CC(C)N1CCN(C(=O)c2ccc3c(CN4CCC(c5ccccc5)CC4)c[nH]c3c2)CC1. The molecule has 2 aromatic carbocycles. The number of carbonyl (C=O) groups is 1. The number of amides is 1. The van der Waals surface area contributed by atoms with E-state index in [1.54, 1.807) is 0 Å². The van der Waals surface area contributed by atoms with Crippen LogP contribution in [0, 0.1) is 0 Å². The van der Waals surface area contributed by atoms with Gasteiger partial charge in [0.1, 0.15) is 0 Å². The van der Waals surface area contributed by atoms with Crippen LogP contribution in [0.4, 0.5) is 0 Å². The van der Waals surface area contributed by atoms with Crippen molar-refractivity contribution in [3.05, 3.63) is 71.4 Å². The van der Waals surface area contributed by atoms with Crippen LogP contribution in [0.1, 0.15) is 54.1 Å². The van der Waals surface area contributed by atoms with Crippen LogP contribution in [0.15, 0.2) is 54.7 Å². The first-order chi connectivity index (χ1) is 16.1. The first-order valence-electron chi connectivity index (χ1n) is 12.5.